The number of fused-ring (bicyclic) bond motifs is 1. The minimum absolute atomic E-state index is 0.260. The zero-order valence-corrected chi connectivity index (χ0v) is 16.8. The fraction of sp³-hybridized carbons (Fsp3) is 0.273. The van der Waals surface area contributed by atoms with Crippen molar-refractivity contribution in [3.05, 3.63) is 78.3 Å². The zero-order chi connectivity index (χ0) is 21.3. The van der Waals surface area contributed by atoms with Crippen LogP contribution in [-0.2, 0) is 0 Å². The minimum Gasteiger partial charge on any atom is -0.349 e. The maximum Gasteiger partial charge on any atom is 0.181 e. The van der Waals surface area contributed by atoms with E-state index in [4.69, 9.17) is 10.7 Å². The summed E-state index contributed by atoms with van der Waals surface area (Å²) in [7, 11) is 1.89. The molecular formula is C22H24F2N6. The highest BCUT2D eigenvalue weighted by atomic mass is 19.1. The van der Waals surface area contributed by atoms with E-state index in [1.807, 2.05) is 35.3 Å². The normalized spacial score (nSPS) is 17.0. The fourth-order valence-electron chi connectivity index (χ4n) is 3.90. The number of nitrogens with two attached hydrogens (primary N) is 1. The molecule has 0 radical (unpaired) electrons. The second-order valence-corrected chi connectivity index (χ2v) is 7.32. The van der Waals surface area contributed by atoms with Crippen molar-refractivity contribution in [1.82, 2.24) is 14.6 Å². The van der Waals surface area contributed by atoms with Crippen molar-refractivity contribution in [2.24, 2.45) is 5.73 Å². The number of rotatable bonds is 6. The second-order valence-electron chi connectivity index (χ2n) is 7.32. The highest BCUT2D eigenvalue weighted by molar-refractivity contribution is 5.71. The van der Waals surface area contributed by atoms with Gasteiger partial charge in [-0.3, -0.25) is 0 Å². The molecule has 4 rings (SSSR count). The molecule has 2 aromatic heterocycles. The molecule has 0 aliphatic carbocycles. The van der Waals surface area contributed by atoms with Crippen molar-refractivity contribution in [2.45, 2.75) is 18.9 Å². The van der Waals surface area contributed by atoms with Gasteiger partial charge in [0.15, 0.2) is 5.65 Å². The van der Waals surface area contributed by atoms with Gasteiger partial charge in [0.1, 0.15) is 23.1 Å². The number of aromatic nitrogens is 3. The molecule has 3 aromatic rings. The Bertz CT molecular complexity index is 1110. The summed E-state index contributed by atoms with van der Waals surface area (Å²) in [5.74, 6) is -0.135. The largest absolute Gasteiger partial charge is 0.349 e. The lowest BCUT2D eigenvalue weighted by Crippen LogP contribution is -2.24. The SMILES string of the molecule is C=C/C(=C\N(C)c1cnn2ccc(N3CCC[C@@H]3c3cc(F)ccc3F)nc12)CN. The highest BCUT2D eigenvalue weighted by Crippen LogP contribution is 2.37. The summed E-state index contributed by atoms with van der Waals surface area (Å²) >= 11 is 0. The molecule has 1 fully saturated rings. The van der Waals surface area contributed by atoms with E-state index in [1.54, 1.807) is 16.8 Å². The van der Waals surface area contributed by atoms with Crippen molar-refractivity contribution in [1.29, 1.82) is 0 Å². The summed E-state index contributed by atoms with van der Waals surface area (Å²) in [4.78, 5) is 8.73. The standard InChI is InChI=1S/C22H24F2N6/c1-3-15(12-25)14-28(2)20-13-26-30-10-8-21(27-22(20)30)29-9-4-5-19(29)17-11-16(23)6-7-18(17)24/h3,6-8,10-11,13-14,19H,1,4-5,9,12,25H2,2H3/b15-14+/t19-/m1/s1. The van der Waals surface area contributed by atoms with Gasteiger partial charge in [0.25, 0.3) is 0 Å². The molecule has 156 valence electrons. The summed E-state index contributed by atoms with van der Waals surface area (Å²) < 4.78 is 29.9. The Kier molecular flexibility index (Phi) is 5.50. The van der Waals surface area contributed by atoms with Crippen molar-refractivity contribution in [2.75, 3.05) is 29.9 Å². The van der Waals surface area contributed by atoms with Crippen molar-refractivity contribution >= 4 is 17.2 Å². The molecule has 2 N–H and O–H groups in total. The molecular weight excluding hydrogens is 386 g/mol. The molecule has 30 heavy (non-hydrogen) atoms. The fourth-order valence-corrected chi connectivity index (χ4v) is 3.90. The van der Waals surface area contributed by atoms with Crippen LogP contribution in [0.15, 0.2) is 61.1 Å². The molecule has 8 heteroatoms. The quantitative estimate of drug-likeness (QED) is 0.626. The van der Waals surface area contributed by atoms with Gasteiger partial charge in [-0.05, 0) is 42.7 Å². The van der Waals surface area contributed by atoms with Gasteiger partial charge in [-0.1, -0.05) is 12.7 Å². The lowest BCUT2D eigenvalue weighted by molar-refractivity contribution is 0.560. The first-order valence-corrected chi connectivity index (χ1v) is 9.84. The molecule has 6 nitrogen and oxygen atoms in total. The first kappa shape index (κ1) is 20.0. The van der Waals surface area contributed by atoms with Crippen LogP contribution < -0.4 is 15.5 Å². The van der Waals surface area contributed by atoms with Gasteiger partial charge < -0.3 is 15.5 Å². The summed E-state index contributed by atoms with van der Waals surface area (Å²) in [5, 5.41) is 4.37. The predicted molar refractivity (Wildman–Crippen MR) is 114 cm³/mol. The van der Waals surface area contributed by atoms with Gasteiger partial charge >= 0.3 is 0 Å². The van der Waals surface area contributed by atoms with E-state index in [0.29, 0.717) is 23.6 Å². The van der Waals surface area contributed by atoms with Crippen LogP contribution in [0.2, 0.25) is 0 Å². The van der Waals surface area contributed by atoms with Gasteiger partial charge in [-0.25, -0.2) is 18.3 Å². The van der Waals surface area contributed by atoms with E-state index in [0.717, 1.165) is 36.7 Å². The Balaban J connectivity index is 1.72. The van der Waals surface area contributed by atoms with Crippen molar-refractivity contribution in [3.8, 4) is 0 Å². The average Bonchev–Trinajstić information content (AvgIpc) is 3.40. The Labute approximate surface area is 173 Å². The molecule has 0 spiro atoms. The molecule has 0 bridgehead atoms. The third-order valence-corrected chi connectivity index (χ3v) is 5.44. The summed E-state index contributed by atoms with van der Waals surface area (Å²) in [6.07, 6.45) is 8.77. The van der Waals surface area contributed by atoms with Gasteiger partial charge in [0, 0.05) is 38.1 Å². The number of benzene rings is 1. The Morgan fingerprint density at radius 1 is 1.37 bits per heavy atom. The predicted octanol–water partition coefficient (Wildman–Crippen LogP) is 3.81. The second kappa shape index (κ2) is 8.23. The van der Waals surface area contributed by atoms with Crippen LogP contribution in [0.25, 0.3) is 5.65 Å². The maximum absolute atomic E-state index is 14.4. The van der Waals surface area contributed by atoms with Crippen LogP contribution in [-0.4, -0.2) is 34.7 Å². The van der Waals surface area contributed by atoms with Gasteiger partial charge in [0.05, 0.1) is 12.2 Å². The van der Waals surface area contributed by atoms with Gasteiger partial charge in [0.2, 0.25) is 0 Å². The topological polar surface area (TPSA) is 62.7 Å². The number of hydrogen-bond acceptors (Lipinski definition) is 5. The molecule has 1 aromatic carbocycles. The summed E-state index contributed by atoms with van der Waals surface area (Å²) in [5.41, 5.74) is 8.44. The van der Waals surface area contributed by atoms with Crippen molar-refractivity contribution < 1.29 is 8.78 Å². The van der Waals surface area contributed by atoms with Crippen molar-refractivity contribution in [3.63, 3.8) is 0 Å². The van der Waals surface area contributed by atoms with Crippen LogP contribution in [0, 0.1) is 11.6 Å². The lowest BCUT2D eigenvalue weighted by atomic mass is 10.0. The van der Waals surface area contributed by atoms with Crippen LogP contribution in [0.3, 0.4) is 0 Å². The van der Waals surface area contributed by atoms with Crippen LogP contribution in [0.5, 0.6) is 0 Å². The lowest BCUT2D eigenvalue weighted by Gasteiger charge is -2.26. The maximum atomic E-state index is 14.4. The molecule has 1 aliphatic heterocycles. The summed E-state index contributed by atoms with van der Waals surface area (Å²) in [6.45, 7) is 4.86. The number of hydrogen-bond donors (Lipinski definition) is 1. The first-order chi connectivity index (χ1) is 14.5. The van der Waals surface area contributed by atoms with Crippen LogP contribution >= 0.6 is 0 Å². The van der Waals surface area contributed by atoms with E-state index in [2.05, 4.69) is 11.7 Å². The monoisotopic (exact) mass is 410 g/mol. The van der Waals surface area contributed by atoms with Gasteiger partial charge in [-0.15, -0.1) is 0 Å². The Morgan fingerprint density at radius 3 is 2.97 bits per heavy atom. The molecule has 1 atom stereocenters. The molecule has 1 aliphatic rings. The minimum atomic E-state index is -0.439. The van der Waals surface area contributed by atoms with Gasteiger partial charge in [-0.2, -0.15) is 5.10 Å². The van der Waals surface area contributed by atoms with Crippen LogP contribution in [0.1, 0.15) is 24.4 Å². The van der Waals surface area contributed by atoms with E-state index in [9.17, 15) is 8.78 Å². The van der Waals surface area contributed by atoms with E-state index < -0.39 is 11.6 Å². The molecule has 0 unspecified atom stereocenters. The smallest absolute Gasteiger partial charge is 0.181 e. The van der Waals surface area contributed by atoms with E-state index >= 15 is 0 Å². The highest BCUT2D eigenvalue weighted by Gasteiger charge is 2.30. The average molecular weight is 410 g/mol. The zero-order valence-electron chi connectivity index (χ0n) is 16.8. The molecule has 0 saturated carbocycles. The Morgan fingerprint density at radius 2 is 2.20 bits per heavy atom. The number of nitrogens with zero attached hydrogens (tertiary/aromatic N) is 5. The molecule has 0 amide bonds. The third-order valence-electron chi connectivity index (χ3n) is 5.44. The molecule has 3 heterocycles. The first-order valence-electron chi connectivity index (χ1n) is 9.84. The van der Waals surface area contributed by atoms with E-state index in [-0.39, 0.29) is 6.04 Å². The van der Waals surface area contributed by atoms with Crippen LogP contribution in [0.4, 0.5) is 20.3 Å². The number of anilines is 2. The third kappa shape index (κ3) is 3.66. The summed E-state index contributed by atoms with van der Waals surface area (Å²) in [6, 6.07) is 5.20. The van der Waals surface area contributed by atoms with E-state index in [1.165, 1.54) is 12.1 Å². The molecule has 1 saturated heterocycles. The number of halogens is 2. The Hall–Kier alpha value is -3.26.